The van der Waals surface area contributed by atoms with Crippen LogP contribution >= 0.6 is 0 Å². The van der Waals surface area contributed by atoms with Crippen molar-refractivity contribution in [1.82, 2.24) is 15.3 Å². The van der Waals surface area contributed by atoms with Crippen LogP contribution in [0, 0.1) is 0 Å². The van der Waals surface area contributed by atoms with Crippen LogP contribution in [0.3, 0.4) is 0 Å². The van der Waals surface area contributed by atoms with E-state index in [1.165, 1.54) is 25.0 Å². The Bertz CT molecular complexity index is 399. The molecule has 0 amide bonds. The summed E-state index contributed by atoms with van der Waals surface area (Å²) < 4.78 is 0. The summed E-state index contributed by atoms with van der Waals surface area (Å²) in [6.45, 7) is 2.22. The molecule has 5 rings (SSSR count). The average molecular weight is 216 g/mol. The number of hydrogen-bond acceptors (Lipinski definition) is 4. The lowest BCUT2D eigenvalue weighted by molar-refractivity contribution is 0.225. The first-order chi connectivity index (χ1) is 7.88. The SMILES string of the molecule is c1nc(C2CC2)cc(N2CC3CC(C2)N3)n1. The molecule has 1 aromatic rings. The number of fused-ring (bicyclic) bond motifs is 2. The van der Waals surface area contributed by atoms with Crippen LogP contribution in [0.15, 0.2) is 12.4 Å². The predicted octanol–water partition coefficient (Wildman–Crippen LogP) is 0.904. The largest absolute Gasteiger partial charge is 0.353 e. The lowest BCUT2D eigenvalue weighted by atomic mass is 9.91. The van der Waals surface area contributed by atoms with Crippen molar-refractivity contribution in [3.63, 3.8) is 0 Å². The summed E-state index contributed by atoms with van der Waals surface area (Å²) in [4.78, 5) is 11.2. The Morgan fingerprint density at radius 1 is 1.19 bits per heavy atom. The Kier molecular flexibility index (Phi) is 1.77. The van der Waals surface area contributed by atoms with E-state index >= 15 is 0 Å². The molecule has 2 bridgehead atoms. The smallest absolute Gasteiger partial charge is 0.132 e. The number of nitrogens with zero attached hydrogens (tertiary/aromatic N) is 3. The van der Waals surface area contributed by atoms with E-state index in [-0.39, 0.29) is 0 Å². The average Bonchev–Trinajstić information content (AvgIpc) is 3.12. The highest BCUT2D eigenvalue weighted by Crippen LogP contribution is 2.39. The highest BCUT2D eigenvalue weighted by molar-refractivity contribution is 5.42. The summed E-state index contributed by atoms with van der Waals surface area (Å²) >= 11 is 0. The molecule has 16 heavy (non-hydrogen) atoms. The van der Waals surface area contributed by atoms with E-state index in [4.69, 9.17) is 0 Å². The lowest BCUT2D eigenvalue weighted by Gasteiger charge is -2.48. The number of anilines is 1. The van der Waals surface area contributed by atoms with Gasteiger partial charge in [-0.2, -0.15) is 0 Å². The van der Waals surface area contributed by atoms with Crippen molar-refractivity contribution in [2.45, 2.75) is 37.3 Å². The van der Waals surface area contributed by atoms with E-state index in [0.717, 1.165) is 24.8 Å². The van der Waals surface area contributed by atoms with Crippen molar-refractivity contribution < 1.29 is 0 Å². The van der Waals surface area contributed by atoms with Gasteiger partial charge >= 0.3 is 0 Å². The Morgan fingerprint density at radius 2 is 1.94 bits per heavy atom. The molecule has 1 aromatic heterocycles. The van der Waals surface area contributed by atoms with Crippen LogP contribution < -0.4 is 10.2 Å². The Labute approximate surface area is 95.1 Å². The molecular weight excluding hydrogens is 200 g/mol. The topological polar surface area (TPSA) is 41.1 Å². The van der Waals surface area contributed by atoms with Crippen LogP contribution in [-0.2, 0) is 0 Å². The van der Waals surface area contributed by atoms with Crippen molar-refractivity contribution in [2.75, 3.05) is 18.0 Å². The number of rotatable bonds is 2. The summed E-state index contributed by atoms with van der Waals surface area (Å²) in [5.74, 6) is 1.85. The molecule has 1 N–H and O–H groups in total. The molecule has 0 spiro atoms. The van der Waals surface area contributed by atoms with Crippen molar-refractivity contribution in [2.24, 2.45) is 0 Å². The van der Waals surface area contributed by atoms with E-state index in [1.807, 2.05) is 0 Å². The quantitative estimate of drug-likeness (QED) is 0.797. The standard InChI is InChI=1S/C12H16N4/c1-2-8(1)11-4-12(14-7-13-11)16-5-9-3-10(6-16)15-9/h4,7-10,15H,1-3,5-6H2. The summed E-state index contributed by atoms with van der Waals surface area (Å²) in [5.41, 5.74) is 1.25. The fraction of sp³-hybridized carbons (Fsp3) is 0.667. The van der Waals surface area contributed by atoms with E-state index in [2.05, 4.69) is 26.3 Å². The van der Waals surface area contributed by atoms with Crippen LogP contribution in [0.1, 0.15) is 30.9 Å². The summed E-state index contributed by atoms with van der Waals surface area (Å²) in [6, 6.07) is 3.58. The van der Waals surface area contributed by atoms with Gasteiger partial charge in [0.2, 0.25) is 0 Å². The molecular formula is C12H16N4. The van der Waals surface area contributed by atoms with Gasteiger partial charge in [0, 0.05) is 42.9 Å². The maximum absolute atomic E-state index is 4.42. The van der Waals surface area contributed by atoms with Crippen LogP contribution in [0.5, 0.6) is 0 Å². The van der Waals surface area contributed by atoms with Crippen LogP contribution in [0.25, 0.3) is 0 Å². The minimum absolute atomic E-state index is 0.693. The predicted molar refractivity (Wildman–Crippen MR) is 61.5 cm³/mol. The minimum atomic E-state index is 0.693. The number of hydrogen-bond donors (Lipinski definition) is 1. The first-order valence-corrected chi connectivity index (χ1v) is 6.21. The first kappa shape index (κ1) is 8.93. The van der Waals surface area contributed by atoms with Crippen molar-refractivity contribution in [3.8, 4) is 0 Å². The molecule has 4 heteroatoms. The van der Waals surface area contributed by atoms with E-state index in [0.29, 0.717) is 12.1 Å². The molecule has 3 saturated heterocycles. The third-order valence-corrected chi connectivity index (χ3v) is 3.92. The van der Waals surface area contributed by atoms with Crippen molar-refractivity contribution in [3.05, 3.63) is 18.1 Å². The molecule has 4 nitrogen and oxygen atoms in total. The zero-order valence-corrected chi connectivity index (χ0v) is 9.26. The minimum Gasteiger partial charge on any atom is -0.353 e. The van der Waals surface area contributed by atoms with Gasteiger partial charge in [0.1, 0.15) is 12.1 Å². The first-order valence-electron chi connectivity index (χ1n) is 6.21. The number of aromatic nitrogens is 2. The van der Waals surface area contributed by atoms with Crippen molar-refractivity contribution >= 4 is 5.82 Å². The van der Waals surface area contributed by atoms with Gasteiger partial charge in [0.05, 0.1) is 0 Å². The normalized spacial score (nSPS) is 32.4. The second kappa shape index (κ2) is 3.17. The highest BCUT2D eigenvalue weighted by atomic mass is 15.3. The van der Waals surface area contributed by atoms with Gasteiger partial charge in [-0.25, -0.2) is 9.97 Å². The third-order valence-electron chi connectivity index (χ3n) is 3.92. The lowest BCUT2D eigenvalue weighted by Crippen LogP contribution is -2.67. The molecule has 4 aliphatic rings. The van der Waals surface area contributed by atoms with Gasteiger partial charge in [0.15, 0.2) is 0 Å². The molecule has 3 aliphatic heterocycles. The van der Waals surface area contributed by atoms with Gasteiger partial charge in [-0.1, -0.05) is 0 Å². The second-order valence-corrected chi connectivity index (χ2v) is 5.28. The molecule has 4 heterocycles. The highest BCUT2D eigenvalue weighted by Gasteiger charge is 2.37. The van der Waals surface area contributed by atoms with Gasteiger partial charge in [-0.3, -0.25) is 0 Å². The zero-order valence-electron chi connectivity index (χ0n) is 9.26. The Balaban J connectivity index is 1.59. The summed E-state index contributed by atoms with van der Waals surface area (Å²) in [5, 5.41) is 3.54. The Morgan fingerprint density at radius 3 is 2.62 bits per heavy atom. The third kappa shape index (κ3) is 1.40. The summed E-state index contributed by atoms with van der Waals surface area (Å²) in [6.07, 6.45) is 5.69. The molecule has 0 aromatic carbocycles. The second-order valence-electron chi connectivity index (χ2n) is 5.28. The maximum atomic E-state index is 4.42. The fourth-order valence-corrected chi connectivity index (χ4v) is 2.84. The molecule has 2 unspecified atom stereocenters. The fourth-order valence-electron chi connectivity index (χ4n) is 2.84. The maximum Gasteiger partial charge on any atom is 0.132 e. The molecule has 1 saturated carbocycles. The van der Waals surface area contributed by atoms with Crippen LogP contribution in [0.4, 0.5) is 5.82 Å². The van der Waals surface area contributed by atoms with E-state index < -0.39 is 0 Å². The molecule has 0 radical (unpaired) electrons. The van der Waals surface area contributed by atoms with Crippen LogP contribution in [0.2, 0.25) is 0 Å². The van der Waals surface area contributed by atoms with Gasteiger partial charge in [0.25, 0.3) is 0 Å². The van der Waals surface area contributed by atoms with E-state index in [9.17, 15) is 0 Å². The molecule has 84 valence electrons. The number of piperidine rings is 1. The number of piperazine rings is 1. The van der Waals surface area contributed by atoms with E-state index in [1.54, 1.807) is 6.33 Å². The van der Waals surface area contributed by atoms with Crippen LogP contribution in [-0.4, -0.2) is 35.1 Å². The Hall–Kier alpha value is -1.16. The monoisotopic (exact) mass is 216 g/mol. The molecule has 4 fully saturated rings. The molecule has 2 atom stereocenters. The van der Waals surface area contributed by atoms with Gasteiger partial charge in [-0.05, 0) is 19.3 Å². The van der Waals surface area contributed by atoms with Gasteiger partial charge in [-0.15, -0.1) is 0 Å². The van der Waals surface area contributed by atoms with Crippen molar-refractivity contribution in [1.29, 1.82) is 0 Å². The summed E-state index contributed by atoms with van der Waals surface area (Å²) in [7, 11) is 0. The zero-order chi connectivity index (χ0) is 10.5. The van der Waals surface area contributed by atoms with Gasteiger partial charge < -0.3 is 10.2 Å². The molecule has 1 aliphatic carbocycles. The number of nitrogens with one attached hydrogen (secondary N) is 1.